The highest BCUT2D eigenvalue weighted by Gasteiger charge is 2.07. The topological polar surface area (TPSA) is 81.0 Å². The van der Waals surface area contributed by atoms with Crippen molar-refractivity contribution in [1.29, 1.82) is 0 Å². The second kappa shape index (κ2) is 15.9. The van der Waals surface area contributed by atoms with Gasteiger partial charge in [0, 0.05) is 24.3 Å². The number of nitrogens with zero attached hydrogens (tertiary/aromatic N) is 4. The van der Waals surface area contributed by atoms with Gasteiger partial charge in [0.2, 0.25) is 0 Å². The number of hydrogen-bond donors (Lipinski definition) is 1. The van der Waals surface area contributed by atoms with Crippen LogP contribution in [0.25, 0.3) is 0 Å². The molecular weight excluding hydrogens is 443 g/mol. The molecule has 0 saturated heterocycles. The van der Waals surface area contributed by atoms with E-state index in [1.807, 2.05) is 40.0 Å². The standard InChI is InChI=1S/C11H18N2O2.C9H13N.C8H10FN/c1-4-9(14)7-15-11-12-6-5-10(13-11)8(2)3;1-7(2)9-4-5-10-8(3)6-9;1-6(2)8-7(9)4-3-5-10-8/h5-6,8-9,14H,4,7H2,1-3H3;4-7H,1-3H3;3-6H,1-2H3. The number of aliphatic hydroxyl groups is 1. The number of pyridine rings is 2. The summed E-state index contributed by atoms with van der Waals surface area (Å²) in [6.07, 6.45) is 5.37. The summed E-state index contributed by atoms with van der Waals surface area (Å²) in [5, 5.41) is 9.32. The zero-order chi connectivity index (χ0) is 26.4. The predicted molar refractivity (Wildman–Crippen MR) is 139 cm³/mol. The summed E-state index contributed by atoms with van der Waals surface area (Å²) in [7, 11) is 0. The molecule has 1 atom stereocenters. The van der Waals surface area contributed by atoms with Crippen molar-refractivity contribution in [3.05, 3.63) is 77.4 Å². The highest BCUT2D eigenvalue weighted by molar-refractivity contribution is 5.18. The summed E-state index contributed by atoms with van der Waals surface area (Å²) in [5.74, 6) is 0.923. The lowest BCUT2D eigenvalue weighted by atomic mass is 10.0. The van der Waals surface area contributed by atoms with Crippen molar-refractivity contribution in [1.82, 2.24) is 19.9 Å². The fraction of sp³-hybridized carbons (Fsp3) is 0.500. The minimum atomic E-state index is -0.448. The van der Waals surface area contributed by atoms with Crippen LogP contribution in [0, 0.1) is 12.7 Å². The Balaban J connectivity index is 0.000000271. The lowest BCUT2D eigenvalue weighted by molar-refractivity contribution is 0.0987. The normalized spacial score (nSPS) is 11.5. The molecule has 0 aliphatic carbocycles. The summed E-state index contributed by atoms with van der Waals surface area (Å²) in [4.78, 5) is 16.2. The third-order valence-corrected chi connectivity index (χ3v) is 5.04. The van der Waals surface area contributed by atoms with Gasteiger partial charge in [0.15, 0.2) is 0 Å². The molecule has 1 N–H and O–H groups in total. The van der Waals surface area contributed by atoms with E-state index in [0.29, 0.717) is 30.0 Å². The van der Waals surface area contributed by atoms with Crippen LogP contribution >= 0.6 is 0 Å². The van der Waals surface area contributed by atoms with E-state index in [9.17, 15) is 9.50 Å². The van der Waals surface area contributed by atoms with Crippen molar-refractivity contribution < 1.29 is 14.2 Å². The van der Waals surface area contributed by atoms with Gasteiger partial charge in [0.25, 0.3) is 0 Å². The van der Waals surface area contributed by atoms with Gasteiger partial charge < -0.3 is 9.84 Å². The van der Waals surface area contributed by atoms with Crippen molar-refractivity contribution in [2.45, 2.75) is 85.7 Å². The van der Waals surface area contributed by atoms with Crippen LogP contribution in [0.15, 0.2) is 48.9 Å². The van der Waals surface area contributed by atoms with Crippen LogP contribution in [-0.4, -0.2) is 37.8 Å². The van der Waals surface area contributed by atoms with Crippen LogP contribution in [0.1, 0.15) is 95.3 Å². The Hall–Kier alpha value is -2.93. The highest BCUT2D eigenvalue weighted by atomic mass is 19.1. The Morgan fingerprint density at radius 3 is 2.06 bits per heavy atom. The average Bonchev–Trinajstić information content (AvgIpc) is 2.83. The molecule has 3 aromatic rings. The first kappa shape index (κ1) is 30.1. The van der Waals surface area contributed by atoms with E-state index in [4.69, 9.17) is 4.74 Å². The van der Waals surface area contributed by atoms with Crippen LogP contribution in [0.5, 0.6) is 6.01 Å². The third kappa shape index (κ3) is 11.9. The molecule has 6 nitrogen and oxygen atoms in total. The van der Waals surface area contributed by atoms with Crippen molar-refractivity contribution in [2.24, 2.45) is 0 Å². The summed E-state index contributed by atoms with van der Waals surface area (Å²) >= 11 is 0. The molecule has 35 heavy (non-hydrogen) atoms. The molecule has 192 valence electrons. The molecule has 7 heteroatoms. The number of rotatable bonds is 7. The third-order valence-electron chi connectivity index (χ3n) is 5.04. The lowest BCUT2D eigenvalue weighted by Crippen LogP contribution is -2.17. The average molecular weight is 485 g/mol. The van der Waals surface area contributed by atoms with Crippen LogP contribution in [0.2, 0.25) is 0 Å². The van der Waals surface area contributed by atoms with Gasteiger partial charge in [-0.3, -0.25) is 9.97 Å². The maximum absolute atomic E-state index is 12.8. The number of hydrogen-bond acceptors (Lipinski definition) is 6. The Morgan fingerprint density at radius 2 is 1.57 bits per heavy atom. The zero-order valence-corrected chi connectivity index (χ0v) is 22.4. The number of aliphatic hydroxyl groups excluding tert-OH is 1. The summed E-state index contributed by atoms with van der Waals surface area (Å²) in [6, 6.07) is 9.44. The van der Waals surface area contributed by atoms with Crippen LogP contribution in [0.4, 0.5) is 4.39 Å². The Bertz CT molecular complexity index is 996. The fourth-order valence-electron chi connectivity index (χ4n) is 2.78. The summed E-state index contributed by atoms with van der Waals surface area (Å²) < 4.78 is 18.1. The minimum absolute atomic E-state index is 0.168. The van der Waals surface area contributed by atoms with E-state index in [1.54, 1.807) is 18.5 Å². The molecular formula is C28H41FN4O2. The SMILES string of the molecule is CC(C)c1ncccc1F.CCC(O)COc1nccc(C(C)C)n1.Cc1cc(C(C)C)ccn1. The second-order valence-corrected chi connectivity index (χ2v) is 9.20. The van der Waals surface area contributed by atoms with E-state index in [1.165, 1.54) is 11.6 Å². The monoisotopic (exact) mass is 484 g/mol. The van der Waals surface area contributed by atoms with Crippen LogP contribution in [-0.2, 0) is 0 Å². The number of halogens is 1. The molecule has 1 unspecified atom stereocenters. The Morgan fingerprint density at radius 1 is 0.886 bits per heavy atom. The molecule has 3 aromatic heterocycles. The lowest BCUT2D eigenvalue weighted by Gasteiger charge is -2.10. The predicted octanol–water partition coefficient (Wildman–Crippen LogP) is 6.61. The maximum atomic E-state index is 12.8. The zero-order valence-electron chi connectivity index (χ0n) is 22.4. The van der Waals surface area contributed by atoms with E-state index >= 15 is 0 Å². The van der Waals surface area contributed by atoms with Crippen molar-refractivity contribution >= 4 is 0 Å². The van der Waals surface area contributed by atoms with Crippen molar-refractivity contribution in [2.75, 3.05) is 6.61 Å². The molecule has 0 bridgehead atoms. The molecule has 0 amide bonds. The van der Waals surface area contributed by atoms with E-state index in [0.717, 1.165) is 11.4 Å². The molecule has 0 aromatic carbocycles. The maximum Gasteiger partial charge on any atom is 0.316 e. The largest absolute Gasteiger partial charge is 0.461 e. The van der Waals surface area contributed by atoms with E-state index < -0.39 is 6.10 Å². The van der Waals surface area contributed by atoms with Crippen molar-refractivity contribution in [3.8, 4) is 6.01 Å². The highest BCUT2D eigenvalue weighted by Crippen LogP contribution is 2.15. The Kier molecular flexibility index (Phi) is 13.7. The molecule has 3 heterocycles. The molecule has 0 aliphatic heterocycles. The van der Waals surface area contributed by atoms with Gasteiger partial charge in [-0.25, -0.2) is 14.4 Å². The van der Waals surface area contributed by atoms with Crippen molar-refractivity contribution in [3.63, 3.8) is 0 Å². The number of aromatic nitrogens is 4. The Labute approximate surface area is 210 Å². The van der Waals surface area contributed by atoms with E-state index in [-0.39, 0.29) is 18.3 Å². The second-order valence-electron chi connectivity index (χ2n) is 9.20. The first-order chi connectivity index (χ1) is 16.5. The molecule has 0 fully saturated rings. The number of ether oxygens (including phenoxy) is 1. The van der Waals surface area contributed by atoms with Gasteiger partial charge in [0.05, 0.1) is 17.5 Å². The first-order valence-electron chi connectivity index (χ1n) is 12.2. The smallest absolute Gasteiger partial charge is 0.316 e. The summed E-state index contributed by atoms with van der Waals surface area (Å²) in [6.45, 7) is 16.5. The van der Waals surface area contributed by atoms with Gasteiger partial charge in [0.1, 0.15) is 12.4 Å². The van der Waals surface area contributed by atoms with Crippen LogP contribution in [0.3, 0.4) is 0 Å². The van der Waals surface area contributed by atoms with Crippen LogP contribution < -0.4 is 4.74 Å². The molecule has 3 rings (SSSR count). The van der Waals surface area contributed by atoms with Gasteiger partial charge in [-0.15, -0.1) is 0 Å². The molecule has 0 saturated carbocycles. The molecule has 0 aliphatic rings. The summed E-state index contributed by atoms with van der Waals surface area (Å²) in [5.41, 5.74) is 3.96. The molecule has 0 spiro atoms. The quantitative estimate of drug-likeness (QED) is 0.406. The van der Waals surface area contributed by atoms with E-state index in [2.05, 4.69) is 59.8 Å². The van der Waals surface area contributed by atoms with Gasteiger partial charge in [-0.2, -0.15) is 0 Å². The van der Waals surface area contributed by atoms with Gasteiger partial charge in [-0.05, 0) is 67.0 Å². The fourth-order valence-corrected chi connectivity index (χ4v) is 2.78. The van der Waals surface area contributed by atoms with Gasteiger partial charge >= 0.3 is 6.01 Å². The molecule has 0 radical (unpaired) electrons. The minimum Gasteiger partial charge on any atom is -0.461 e. The number of aryl methyl sites for hydroxylation is 1. The van der Waals surface area contributed by atoms with Gasteiger partial charge in [-0.1, -0.05) is 48.5 Å². The first-order valence-corrected chi connectivity index (χ1v) is 12.2.